The number of carbonyl (C=O) groups is 2. The first-order valence-corrected chi connectivity index (χ1v) is 8.19. The largest absolute Gasteiger partial charge is 0.456 e. The van der Waals surface area contributed by atoms with E-state index >= 15 is 0 Å². The molecule has 2 aliphatic rings. The van der Waals surface area contributed by atoms with E-state index in [0.717, 1.165) is 38.8 Å². The number of rotatable bonds is 4. The van der Waals surface area contributed by atoms with Gasteiger partial charge >= 0.3 is 5.97 Å². The Labute approximate surface area is 121 Å². The standard InChI is InChI=1S/C16H27NO3/c18-15(17-10-6-1-2-7-11-17)13-20-16(19)12-14-8-4-3-5-9-14/h14H,1-13H2. The molecular weight excluding hydrogens is 254 g/mol. The van der Waals surface area contributed by atoms with Crippen molar-refractivity contribution in [2.45, 2.75) is 64.2 Å². The second kappa shape index (κ2) is 8.28. The molecular formula is C16H27NO3. The van der Waals surface area contributed by atoms with Gasteiger partial charge in [0.2, 0.25) is 0 Å². The topological polar surface area (TPSA) is 46.6 Å². The number of carbonyl (C=O) groups excluding carboxylic acids is 2. The van der Waals surface area contributed by atoms with E-state index in [1.165, 1.54) is 32.1 Å². The van der Waals surface area contributed by atoms with Crippen molar-refractivity contribution in [3.05, 3.63) is 0 Å². The Morgan fingerprint density at radius 3 is 2.15 bits per heavy atom. The van der Waals surface area contributed by atoms with Gasteiger partial charge in [0.15, 0.2) is 6.61 Å². The molecule has 0 radical (unpaired) electrons. The Bertz CT molecular complexity index is 316. The second-order valence-electron chi connectivity index (χ2n) is 6.16. The van der Waals surface area contributed by atoms with Crippen molar-refractivity contribution in [3.63, 3.8) is 0 Å². The summed E-state index contributed by atoms with van der Waals surface area (Å²) in [4.78, 5) is 25.6. The molecule has 0 atom stereocenters. The van der Waals surface area contributed by atoms with Gasteiger partial charge < -0.3 is 9.64 Å². The predicted octanol–water partition coefficient (Wildman–Crippen LogP) is 2.90. The first-order valence-electron chi connectivity index (χ1n) is 8.19. The van der Waals surface area contributed by atoms with E-state index in [9.17, 15) is 9.59 Å². The third-order valence-electron chi connectivity index (χ3n) is 4.50. The van der Waals surface area contributed by atoms with E-state index in [0.29, 0.717) is 12.3 Å². The van der Waals surface area contributed by atoms with Gasteiger partial charge in [-0.3, -0.25) is 9.59 Å². The average Bonchev–Trinajstić information content (AvgIpc) is 2.75. The van der Waals surface area contributed by atoms with Crippen LogP contribution in [0, 0.1) is 5.92 Å². The summed E-state index contributed by atoms with van der Waals surface area (Å²) in [5, 5.41) is 0. The van der Waals surface area contributed by atoms with E-state index in [2.05, 4.69) is 0 Å². The van der Waals surface area contributed by atoms with Crippen molar-refractivity contribution >= 4 is 11.9 Å². The Kier molecular flexibility index (Phi) is 6.34. The molecule has 1 amide bonds. The molecule has 2 fully saturated rings. The molecule has 2 rings (SSSR count). The van der Waals surface area contributed by atoms with Crippen LogP contribution in [0.15, 0.2) is 0 Å². The van der Waals surface area contributed by atoms with Gasteiger partial charge in [-0.1, -0.05) is 32.1 Å². The minimum absolute atomic E-state index is 0.0242. The Hall–Kier alpha value is -1.06. The smallest absolute Gasteiger partial charge is 0.306 e. The molecule has 0 aromatic rings. The lowest BCUT2D eigenvalue weighted by molar-refractivity contribution is -0.153. The van der Waals surface area contributed by atoms with Crippen LogP contribution in [-0.2, 0) is 14.3 Å². The molecule has 1 aliphatic carbocycles. The van der Waals surface area contributed by atoms with E-state index in [-0.39, 0.29) is 18.5 Å². The SMILES string of the molecule is O=C(CC1CCCCC1)OCC(=O)N1CCCCCC1. The monoisotopic (exact) mass is 281 g/mol. The van der Waals surface area contributed by atoms with Crippen LogP contribution in [0.25, 0.3) is 0 Å². The van der Waals surface area contributed by atoms with Gasteiger partial charge in [-0.15, -0.1) is 0 Å². The maximum Gasteiger partial charge on any atom is 0.306 e. The van der Waals surface area contributed by atoms with Crippen LogP contribution in [0.1, 0.15) is 64.2 Å². The lowest BCUT2D eigenvalue weighted by atomic mass is 9.87. The zero-order valence-corrected chi connectivity index (χ0v) is 12.4. The number of hydrogen-bond acceptors (Lipinski definition) is 3. The fourth-order valence-electron chi connectivity index (χ4n) is 3.24. The third kappa shape index (κ3) is 5.14. The van der Waals surface area contributed by atoms with Crippen LogP contribution in [0.3, 0.4) is 0 Å². The van der Waals surface area contributed by atoms with Crippen molar-refractivity contribution < 1.29 is 14.3 Å². The second-order valence-corrected chi connectivity index (χ2v) is 6.16. The van der Waals surface area contributed by atoms with Crippen LogP contribution in [0.4, 0.5) is 0 Å². The molecule has 0 aromatic carbocycles. The fraction of sp³-hybridized carbons (Fsp3) is 0.875. The third-order valence-corrected chi connectivity index (χ3v) is 4.50. The van der Waals surface area contributed by atoms with Gasteiger partial charge in [0.25, 0.3) is 5.91 Å². The Morgan fingerprint density at radius 2 is 1.50 bits per heavy atom. The van der Waals surface area contributed by atoms with Crippen molar-refractivity contribution in [2.75, 3.05) is 19.7 Å². The van der Waals surface area contributed by atoms with Gasteiger partial charge in [0, 0.05) is 19.5 Å². The van der Waals surface area contributed by atoms with E-state index in [1.807, 2.05) is 4.90 Å². The predicted molar refractivity (Wildman–Crippen MR) is 77.2 cm³/mol. The first kappa shape index (κ1) is 15.3. The summed E-state index contributed by atoms with van der Waals surface area (Å²) in [6.45, 7) is 1.57. The van der Waals surface area contributed by atoms with Crippen molar-refractivity contribution in [1.29, 1.82) is 0 Å². The molecule has 0 spiro atoms. The lowest BCUT2D eigenvalue weighted by Gasteiger charge is -2.22. The first-order chi connectivity index (χ1) is 9.75. The summed E-state index contributed by atoms with van der Waals surface area (Å²) in [5.74, 6) is 0.258. The maximum atomic E-state index is 12.0. The minimum Gasteiger partial charge on any atom is -0.456 e. The van der Waals surface area contributed by atoms with Gasteiger partial charge in [0.1, 0.15) is 0 Å². The van der Waals surface area contributed by atoms with Crippen molar-refractivity contribution in [2.24, 2.45) is 5.92 Å². The summed E-state index contributed by atoms with van der Waals surface area (Å²) < 4.78 is 5.17. The molecule has 0 N–H and O–H groups in total. The lowest BCUT2D eigenvalue weighted by Crippen LogP contribution is -2.35. The fourth-order valence-corrected chi connectivity index (χ4v) is 3.24. The summed E-state index contributed by atoms with van der Waals surface area (Å²) in [6.07, 6.45) is 11.0. The highest BCUT2D eigenvalue weighted by atomic mass is 16.5. The van der Waals surface area contributed by atoms with Crippen LogP contribution < -0.4 is 0 Å². The molecule has 0 unspecified atom stereocenters. The molecule has 1 saturated heterocycles. The Balaban J connectivity index is 1.65. The van der Waals surface area contributed by atoms with Crippen LogP contribution in [0.5, 0.6) is 0 Å². The molecule has 0 aromatic heterocycles. The highest BCUT2D eigenvalue weighted by Crippen LogP contribution is 2.26. The molecule has 1 saturated carbocycles. The van der Waals surface area contributed by atoms with Crippen molar-refractivity contribution in [1.82, 2.24) is 4.90 Å². The van der Waals surface area contributed by atoms with E-state index in [1.54, 1.807) is 0 Å². The highest BCUT2D eigenvalue weighted by Gasteiger charge is 2.20. The average molecular weight is 281 g/mol. The number of amides is 1. The van der Waals surface area contributed by atoms with Gasteiger partial charge in [-0.25, -0.2) is 0 Å². The number of hydrogen-bond donors (Lipinski definition) is 0. The molecule has 0 bridgehead atoms. The summed E-state index contributed by atoms with van der Waals surface area (Å²) >= 11 is 0. The van der Waals surface area contributed by atoms with Crippen LogP contribution in [0.2, 0.25) is 0 Å². The van der Waals surface area contributed by atoms with Gasteiger partial charge in [0.05, 0.1) is 0 Å². The summed E-state index contributed by atoms with van der Waals surface area (Å²) in [7, 11) is 0. The summed E-state index contributed by atoms with van der Waals surface area (Å²) in [5.41, 5.74) is 0. The van der Waals surface area contributed by atoms with Crippen LogP contribution in [-0.4, -0.2) is 36.5 Å². The van der Waals surface area contributed by atoms with E-state index in [4.69, 9.17) is 4.74 Å². The highest BCUT2D eigenvalue weighted by molar-refractivity contribution is 5.80. The number of ether oxygens (including phenoxy) is 1. The van der Waals surface area contributed by atoms with Gasteiger partial charge in [-0.05, 0) is 31.6 Å². The molecule has 4 nitrogen and oxygen atoms in total. The molecule has 4 heteroatoms. The van der Waals surface area contributed by atoms with Crippen LogP contribution >= 0.6 is 0 Å². The molecule has 20 heavy (non-hydrogen) atoms. The quantitative estimate of drug-likeness (QED) is 0.744. The normalized spacial score (nSPS) is 21.3. The number of esters is 1. The minimum atomic E-state index is -0.194. The number of likely N-dealkylation sites (tertiary alicyclic amines) is 1. The van der Waals surface area contributed by atoms with Crippen molar-refractivity contribution in [3.8, 4) is 0 Å². The molecule has 1 heterocycles. The number of nitrogens with zero attached hydrogens (tertiary/aromatic N) is 1. The Morgan fingerprint density at radius 1 is 0.900 bits per heavy atom. The molecule has 1 aliphatic heterocycles. The zero-order chi connectivity index (χ0) is 14.2. The summed E-state index contributed by atoms with van der Waals surface area (Å²) in [6, 6.07) is 0. The van der Waals surface area contributed by atoms with E-state index < -0.39 is 0 Å². The zero-order valence-electron chi connectivity index (χ0n) is 12.4. The van der Waals surface area contributed by atoms with Gasteiger partial charge in [-0.2, -0.15) is 0 Å². The maximum absolute atomic E-state index is 12.0. The molecule has 114 valence electrons.